The molecule has 1 aromatic heterocycles. The Morgan fingerprint density at radius 1 is 1.06 bits per heavy atom. The molecule has 1 aliphatic heterocycles. The van der Waals surface area contributed by atoms with Crippen molar-refractivity contribution < 1.29 is 19.4 Å². The van der Waals surface area contributed by atoms with Crippen LogP contribution in [-0.2, 0) is 9.59 Å². The molecule has 1 amide bonds. The van der Waals surface area contributed by atoms with Crippen LogP contribution in [0.2, 0.25) is 0 Å². The van der Waals surface area contributed by atoms with Crippen molar-refractivity contribution in [1.82, 2.24) is 0 Å². The summed E-state index contributed by atoms with van der Waals surface area (Å²) >= 11 is 1.45. The third-order valence-electron chi connectivity index (χ3n) is 6.00. The van der Waals surface area contributed by atoms with E-state index in [-0.39, 0.29) is 11.3 Å². The van der Waals surface area contributed by atoms with Gasteiger partial charge in [0.1, 0.15) is 17.6 Å². The van der Waals surface area contributed by atoms with Crippen molar-refractivity contribution >= 4 is 34.5 Å². The first-order valence-corrected chi connectivity index (χ1v) is 11.9. The molecule has 170 valence electrons. The highest BCUT2D eigenvalue weighted by molar-refractivity contribution is 7.10. The predicted octanol–water partition coefficient (Wildman–Crippen LogP) is 6.09. The maximum atomic E-state index is 13.3. The van der Waals surface area contributed by atoms with Crippen LogP contribution in [0.25, 0.3) is 5.76 Å². The second kappa shape index (κ2) is 9.24. The topological polar surface area (TPSA) is 66.8 Å². The molecule has 0 spiro atoms. The molecule has 3 aromatic rings. The molecule has 1 atom stereocenters. The molecule has 6 heteroatoms. The van der Waals surface area contributed by atoms with Crippen LogP contribution in [0.5, 0.6) is 5.75 Å². The molecule has 5 nitrogen and oxygen atoms in total. The highest BCUT2D eigenvalue weighted by Crippen LogP contribution is 2.44. The zero-order valence-electron chi connectivity index (χ0n) is 19.2. The summed E-state index contributed by atoms with van der Waals surface area (Å²) in [6.07, 6.45) is 0.893. The number of hydrogen-bond donors (Lipinski definition) is 1. The number of aryl methyl sites for hydroxylation is 2. The van der Waals surface area contributed by atoms with Crippen LogP contribution in [0.4, 0.5) is 5.69 Å². The third kappa shape index (κ3) is 4.07. The van der Waals surface area contributed by atoms with Gasteiger partial charge in [0.2, 0.25) is 0 Å². The van der Waals surface area contributed by atoms with Crippen LogP contribution in [0, 0.1) is 20.8 Å². The Bertz CT molecular complexity index is 1240. The van der Waals surface area contributed by atoms with E-state index in [1.807, 2.05) is 63.4 Å². The van der Waals surface area contributed by atoms with E-state index in [1.54, 1.807) is 18.2 Å². The van der Waals surface area contributed by atoms with E-state index in [2.05, 4.69) is 0 Å². The Labute approximate surface area is 197 Å². The molecule has 1 unspecified atom stereocenters. The van der Waals surface area contributed by atoms with Crippen molar-refractivity contribution in [3.05, 3.63) is 86.6 Å². The fourth-order valence-electron chi connectivity index (χ4n) is 4.12. The van der Waals surface area contributed by atoms with Crippen LogP contribution in [0.15, 0.2) is 59.5 Å². The van der Waals surface area contributed by atoms with E-state index in [0.29, 0.717) is 17.9 Å². The van der Waals surface area contributed by atoms with E-state index in [9.17, 15) is 14.7 Å². The molecule has 0 bridgehead atoms. The number of carbonyl (C=O) groups excluding carboxylic acids is 2. The van der Waals surface area contributed by atoms with Crippen LogP contribution in [-0.4, -0.2) is 23.4 Å². The van der Waals surface area contributed by atoms with Crippen molar-refractivity contribution in [2.45, 2.75) is 40.2 Å². The molecular weight excluding hydrogens is 434 g/mol. The number of amides is 1. The number of benzene rings is 2. The molecule has 1 aliphatic rings. The number of ketones is 1. The molecule has 2 aromatic carbocycles. The summed E-state index contributed by atoms with van der Waals surface area (Å²) in [5.41, 5.74) is 4.06. The summed E-state index contributed by atoms with van der Waals surface area (Å²) in [6.45, 7) is 8.45. The number of thiophene rings is 1. The minimum absolute atomic E-state index is 0.102. The van der Waals surface area contributed by atoms with Gasteiger partial charge in [-0.15, -0.1) is 11.3 Å². The van der Waals surface area contributed by atoms with Gasteiger partial charge in [-0.1, -0.05) is 25.1 Å². The minimum Gasteiger partial charge on any atom is -0.507 e. The van der Waals surface area contributed by atoms with Gasteiger partial charge in [0.05, 0.1) is 12.2 Å². The summed E-state index contributed by atoms with van der Waals surface area (Å²) in [6, 6.07) is 14.1. The van der Waals surface area contributed by atoms with Gasteiger partial charge in [-0.2, -0.15) is 0 Å². The summed E-state index contributed by atoms with van der Waals surface area (Å²) in [5, 5.41) is 13.2. The first-order chi connectivity index (χ1) is 15.8. The lowest BCUT2D eigenvalue weighted by Crippen LogP contribution is -2.29. The normalized spacial score (nSPS) is 17.6. The molecule has 0 saturated carbocycles. The Morgan fingerprint density at radius 3 is 2.52 bits per heavy atom. The van der Waals surface area contributed by atoms with Gasteiger partial charge in [-0.05, 0) is 79.6 Å². The zero-order chi connectivity index (χ0) is 23.7. The molecule has 4 rings (SSSR count). The molecule has 1 N–H and O–H groups in total. The van der Waals surface area contributed by atoms with Crippen molar-refractivity contribution in [2.24, 2.45) is 0 Å². The minimum atomic E-state index is -0.693. The monoisotopic (exact) mass is 461 g/mol. The summed E-state index contributed by atoms with van der Waals surface area (Å²) < 4.78 is 5.74. The van der Waals surface area contributed by atoms with Crippen molar-refractivity contribution in [3.63, 3.8) is 0 Å². The highest BCUT2D eigenvalue weighted by Gasteiger charge is 2.47. The first kappa shape index (κ1) is 22.8. The number of Topliss-reactive ketones (excluding diaryl/α,β-unsaturated/α-hetero) is 1. The standard InChI is InChI=1S/C27H27NO4S/c1-5-13-32-21-12-11-19(15-17(21)3)25(29)23-24(22-10-7-14-33-22)28(27(31)26(23)30)20-9-6-8-16(2)18(20)4/h6-12,14-15,24,29H,5,13H2,1-4H3/b25-23-. The van der Waals surface area contributed by atoms with Gasteiger partial charge in [0.25, 0.3) is 11.7 Å². The van der Waals surface area contributed by atoms with Gasteiger partial charge in [0, 0.05) is 16.1 Å². The predicted molar refractivity (Wildman–Crippen MR) is 132 cm³/mol. The fraction of sp³-hybridized carbons (Fsp3) is 0.259. The molecule has 2 heterocycles. The van der Waals surface area contributed by atoms with Gasteiger partial charge in [-0.25, -0.2) is 0 Å². The zero-order valence-corrected chi connectivity index (χ0v) is 20.0. The van der Waals surface area contributed by atoms with Crippen LogP contribution >= 0.6 is 11.3 Å². The molecule has 0 aliphatic carbocycles. The lowest BCUT2D eigenvalue weighted by atomic mass is 9.98. The molecule has 1 saturated heterocycles. The number of nitrogens with zero attached hydrogens (tertiary/aromatic N) is 1. The van der Waals surface area contributed by atoms with E-state index < -0.39 is 17.7 Å². The van der Waals surface area contributed by atoms with Crippen LogP contribution in [0.3, 0.4) is 0 Å². The molecule has 33 heavy (non-hydrogen) atoms. The quantitative estimate of drug-likeness (QED) is 0.274. The number of aliphatic hydroxyl groups excluding tert-OH is 1. The average molecular weight is 462 g/mol. The Balaban J connectivity index is 1.87. The highest BCUT2D eigenvalue weighted by atomic mass is 32.1. The van der Waals surface area contributed by atoms with E-state index >= 15 is 0 Å². The third-order valence-corrected chi connectivity index (χ3v) is 6.93. The maximum Gasteiger partial charge on any atom is 0.300 e. The molecule has 1 fully saturated rings. The van der Waals surface area contributed by atoms with E-state index in [1.165, 1.54) is 16.2 Å². The smallest absolute Gasteiger partial charge is 0.300 e. The Hall–Kier alpha value is -3.38. The number of rotatable bonds is 6. The largest absolute Gasteiger partial charge is 0.507 e. The van der Waals surface area contributed by atoms with E-state index in [0.717, 1.165) is 33.7 Å². The Morgan fingerprint density at radius 2 is 1.85 bits per heavy atom. The van der Waals surface area contributed by atoms with Gasteiger partial charge < -0.3 is 9.84 Å². The lowest BCUT2D eigenvalue weighted by Gasteiger charge is -2.26. The maximum absolute atomic E-state index is 13.3. The van der Waals surface area contributed by atoms with Gasteiger partial charge >= 0.3 is 0 Å². The van der Waals surface area contributed by atoms with Gasteiger partial charge in [-0.3, -0.25) is 14.5 Å². The second-order valence-corrected chi connectivity index (χ2v) is 9.21. The summed E-state index contributed by atoms with van der Waals surface area (Å²) in [7, 11) is 0. The van der Waals surface area contributed by atoms with Crippen molar-refractivity contribution in [3.8, 4) is 5.75 Å². The number of hydrogen-bond acceptors (Lipinski definition) is 5. The number of ether oxygens (including phenoxy) is 1. The lowest BCUT2D eigenvalue weighted by molar-refractivity contribution is -0.132. The SMILES string of the molecule is CCCOc1ccc(/C(O)=C2/C(=O)C(=O)N(c3cccc(C)c3C)C2c2cccs2)cc1C. The van der Waals surface area contributed by atoms with Gasteiger partial charge in [0.15, 0.2) is 0 Å². The molecule has 0 radical (unpaired) electrons. The van der Waals surface area contributed by atoms with E-state index in [4.69, 9.17) is 4.74 Å². The summed E-state index contributed by atoms with van der Waals surface area (Å²) in [4.78, 5) is 28.9. The van der Waals surface area contributed by atoms with Crippen LogP contribution in [0.1, 0.15) is 46.5 Å². The first-order valence-electron chi connectivity index (χ1n) is 11.0. The summed E-state index contributed by atoms with van der Waals surface area (Å²) in [5.74, 6) is -0.761. The van der Waals surface area contributed by atoms with Crippen molar-refractivity contribution in [2.75, 3.05) is 11.5 Å². The number of aliphatic hydroxyl groups is 1. The second-order valence-electron chi connectivity index (χ2n) is 8.23. The average Bonchev–Trinajstić information content (AvgIpc) is 3.42. The number of carbonyl (C=O) groups is 2. The fourth-order valence-corrected chi connectivity index (χ4v) is 4.94. The van der Waals surface area contributed by atoms with Crippen molar-refractivity contribution in [1.29, 1.82) is 0 Å². The Kier molecular flexibility index (Phi) is 6.38. The number of anilines is 1. The van der Waals surface area contributed by atoms with Crippen LogP contribution < -0.4 is 9.64 Å². The molecular formula is C27H27NO4S.